The topological polar surface area (TPSA) is 61.0 Å². The number of nitrogens with one attached hydrogen (secondary N) is 2. The zero-order valence-electron chi connectivity index (χ0n) is 11.0. The van der Waals surface area contributed by atoms with Crippen LogP contribution in [-0.2, 0) is 0 Å². The molecule has 0 fully saturated rings. The summed E-state index contributed by atoms with van der Waals surface area (Å²) in [4.78, 5) is 14.0. The van der Waals surface area contributed by atoms with Crippen molar-refractivity contribution in [3.63, 3.8) is 0 Å². The molecule has 0 atom stereocenters. The third-order valence-corrected chi connectivity index (χ3v) is 2.74. The highest BCUT2D eigenvalue weighted by Gasteiger charge is 2.13. The van der Waals surface area contributed by atoms with Crippen molar-refractivity contribution in [2.45, 2.75) is 39.8 Å². The van der Waals surface area contributed by atoms with Crippen LogP contribution in [0, 0.1) is 0 Å². The molecule has 1 amide bonds. The number of hydrogen-bond acceptors (Lipinski definition) is 3. The minimum absolute atomic E-state index is 0.0776. The number of carbonyl (C=O) groups is 1. The predicted molar refractivity (Wildman–Crippen MR) is 67.9 cm³/mol. The number of hydrogen-bond donors (Lipinski definition) is 2. The van der Waals surface area contributed by atoms with E-state index in [2.05, 4.69) is 48.1 Å². The fourth-order valence-electron chi connectivity index (χ4n) is 1.89. The summed E-state index contributed by atoms with van der Waals surface area (Å²) >= 11 is 0. The van der Waals surface area contributed by atoms with Gasteiger partial charge >= 0.3 is 0 Å². The van der Waals surface area contributed by atoms with Crippen LogP contribution in [0.3, 0.4) is 0 Å². The molecule has 0 aliphatic rings. The molecular weight excluding hydrogens is 216 g/mol. The Hall–Kier alpha value is -1.36. The Bertz CT molecular complexity index is 324. The number of amides is 1. The highest BCUT2D eigenvalue weighted by molar-refractivity contribution is 5.93. The Kier molecular flexibility index (Phi) is 5.15. The Morgan fingerprint density at radius 1 is 1.41 bits per heavy atom. The number of aromatic nitrogens is 2. The van der Waals surface area contributed by atoms with E-state index in [1.54, 1.807) is 6.20 Å². The number of H-pyrrole nitrogens is 1. The lowest BCUT2D eigenvalue weighted by molar-refractivity contribution is 0.0939. The summed E-state index contributed by atoms with van der Waals surface area (Å²) < 4.78 is 0. The molecule has 17 heavy (non-hydrogen) atoms. The molecule has 2 N–H and O–H groups in total. The van der Waals surface area contributed by atoms with E-state index in [-0.39, 0.29) is 5.91 Å². The lowest BCUT2D eigenvalue weighted by Gasteiger charge is -2.30. The maximum absolute atomic E-state index is 11.6. The summed E-state index contributed by atoms with van der Waals surface area (Å²) in [6.07, 6.45) is 3.12. The fourth-order valence-corrected chi connectivity index (χ4v) is 1.89. The molecule has 0 saturated carbocycles. The minimum atomic E-state index is -0.0776. The Balaban J connectivity index is 2.34. The van der Waals surface area contributed by atoms with Crippen molar-refractivity contribution in [2.75, 3.05) is 13.1 Å². The standard InChI is InChI=1S/C12H22N4O/c1-9(2)16(10(3)4)6-5-13-12(17)11-7-14-15-8-11/h7-10H,5-6H2,1-4H3,(H,13,17)(H,14,15). The van der Waals surface area contributed by atoms with Crippen LogP contribution in [0.2, 0.25) is 0 Å². The van der Waals surface area contributed by atoms with E-state index in [9.17, 15) is 4.79 Å². The van der Waals surface area contributed by atoms with Gasteiger partial charge in [0.25, 0.3) is 5.91 Å². The van der Waals surface area contributed by atoms with E-state index >= 15 is 0 Å². The van der Waals surface area contributed by atoms with Crippen LogP contribution in [0.25, 0.3) is 0 Å². The Labute approximate surface area is 103 Å². The zero-order chi connectivity index (χ0) is 12.8. The summed E-state index contributed by atoms with van der Waals surface area (Å²) in [6.45, 7) is 10.2. The minimum Gasteiger partial charge on any atom is -0.351 e. The first kappa shape index (κ1) is 13.7. The van der Waals surface area contributed by atoms with E-state index in [0.29, 0.717) is 24.2 Å². The lowest BCUT2D eigenvalue weighted by Crippen LogP contribution is -2.42. The van der Waals surface area contributed by atoms with Crippen LogP contribution in [0.5, 0.6) is 0 Å². The van der Waals surface area contributed by atoms with Gasteiger partial charge in [0, 0.05) is 31.4 Å². The molecule has 0 aromatic carbocycles. The van der Waals surface area contributed by atoms with Crippen molar-refractivity contribution in [2.24, 2.45) is 0 Å². The van der Waals surface area contributed by atoms with Crippen LogP contribution in [-0.4, -0.2) is 46.2 Å². The molecule has 0 unspecified atom stereocenters. The van der Waals surface area contributed by atoms with Crippen molar-refractivity contribution in [3.8, 4) is 0 Å². The first-order valence-electron chi connectivity index (χ1n) is 6.05. The number of rotatable bonds is 6. The van der Waals surface area contributed by atoms with Crippen molar-refractivity contribution in [1.82, 2.24) is 20.4 Å². The SMILES string of the molecule is CC(C)N(CCNC(=O)c1cn[nH]c1)C(C)C. The molecule has 0 spiro atoms. The summed E-state index contributed by atoms with van der Waals surface area (Å²) in [5, 5.41) is 9.26. The summed E-state index contributed by atoms with van der Waals surface area (Å²) in [7, 11) is 0. The van der Waals surface area contributed by atoms with Gasteiger partial charge < -0.3 is 5.32 Å². The largest absolute Gasteiger partial charge is 0.351 e. The van der Waals surface area contributed by atoms with Gasteiger partial charge in [-0.25, -0.2) is 0 Å². The zero-order valence-corrected chi connectivity index (χ0v) is 11.0. The van der Waals surface area contributed by atoms with Crippen LogP contribution >= 0.6 is 0 Å². The van der Waals surface area contributed by atoms with E-state index in [0.717, 1.165) is 6.54 Å². The molecule has 96 valence electrons. The molecule has 1 aromatic rings. The lowest BCUT2D eigenvalue weighted by atomic mass is 10.2. The molecule has 0 radical (unpaired) electrons. The second-order valence-electron chi connectivity index (χ2n) is 4.67. The van der Waals surface area contributed by atoms with Crippen molar-refractivity contribution in [1.29, 1.82) is 0 Å². The van der Waals surface area contributed by atoms with Crippen LogP contribution in [0.15, 0.2) is 12.4 Å². The van der Waals surface area contributed by atoms with Gasteiger partial charge in [-0.05, 0) is 27.7 Å². The van der Waals surface area contributed by atoms with Gasteiger partial charge in [0.1, 0.15) is 0 Å². The predicted octanol–water partition coefficient (Wildman–Crippen LogP) is 1.26. The van der Waals surface area contributed by atoms with Gasteiger partial charge in [0.15, 0.2) is 0 Å². The van der Waals surface area contributed by atoms with E-state index in [1.807, 2.05) is 0 Å². The van der Waals surface area contributed by atoms with Gasteiger partial charge in [0.05, 0.1) is 11.8 Å². The second kappa shape index (κ2) is 6.39. The molecule has 0 bridgehead atoms. The summed E-state index contributed by atoms with van der Waals surface area (Å²) in [6, 6.07) is 0.974. The first-order chi connectivity index (χ1) is 8.02. The van der Waals surface area contributed by atoms with Gasteiger partial charge in [-0.15, -0.1) is 0 Å². The maximum Gasteiger partial charge on any atom is 0.254 e. The summed E-state index contributed by atoms with van der Waals surface area (Å²) in [5.74, 6) is -0.0776. The van der Waals surface area contributed by atoms with Crippen molar-refractivity contribution < 1.29 is 4.79 Å². The van der Waals surface area contributed by atoms with Gasteiger partial charge in [0.2, 0.25) is 0 Å². The highest BCUT2D eigenvalue weighted by atomic mass is 16.1. The Morgan fingerprint density at radius 2 is 2.06 bits per heavy atom. The number of carbonyl (C=O) groups excluding carboxylic acids is 1. The molecule has 0 aliphatic heterocycles. The molecule has 1 aromatic heterocycles. The Morgan fingerprint density at radius 3 is 2.53 bits per heavy atom. The van der Waals surface area contributed by atoms with Crippen molar-refractivity contribution >= 4 is 5.91 Å². The fraction of sp³-hybridized carbons (Fsp3) is 0.667. The highest BCUT2D eigenvalue weighted by Crippen LogP contribution is 2.03. The van der Waals surface area contributed by atoms with E-state index in [1.165, 1.54) is 6.20 Å². The van der Waals surface area contributed by atoms with Crippen molar-refractivity contribution in [3.05, 3.63) is 18.0 Å². The molecular formula is C12H22N4O. The smallest absolute Gasteiger partial charge is 0.254 e. The molecule has 0 saturated heterocycles. The normalized spacial score (nSPS) is 11.5. The van der Waals surface area contributed by atoms with Gasteiger partial charge in [-0.1, -0.05) is 0 Å². The molecule has 5 heteroatoms. The molecule has 1 heterocycles. The van der Waals surface area contributed by atoms with Crippen LogP contribution in [0.1, 0.15) is 38.1 Å². The quantitative estimate of drug-likeness (QED) is 0.784. The average molecular weight is 238 g/mol. The van der Waals surface area contributed by atoms with Crippen LogP contribution < -0.4 is 5.32 Å². The third-order valence-electron chi connectivity index (χ3n) is 2.74. The van der Waals surface area contributed by atoms with Gasteiger partial charge in [-0.2, -0.15) is 5.10 Å². The number of aromatic amines is 1. The number of nitrogens with zero attached hydrogens (tertiary/aromatic N) is 2. The molecule has 1 rings (SSSR count). The maximum atomic E-state index is 11.6. The van der Waals surface area contributed by atoms with E-state index < -0.39 is 0 Å². The molecule has 0 aliphatic carbocycles. The second-order valence-corrected chi connectivity index (χ2v) is 4.67. The molecule has 5 nitrogen and oxygen atoms in total. The van der Waals surface area contributed by atoms with E-state index in [4.69, 9.17) is 0 Å². The average Bonchev–Trinajstić information content (AvgIpc) is 2.76. The summed E-state index contributed by atoms with van der Waals surface area (Å²) in [5.41, 5.74) is 0.575. The van der Waals surface area contributed by atoms with Crippen LogP contribution in [0.4, 0.5) is 0 Å². The first-order valence-corrected chi connectivity index (χ1v) is 6.05. The van der Waals surface area contributed by atoms with Gasteiger partial charge in [-0.3, -0.25) is 14.8 Å². The monoisotopic (exact) mass is 238 g/mol. The third kappa shape index (κ3) is 4.19.